The number of hydrogen-bond donors (Lipinski definition) is 0. The summed E-state index contributed by atoms with van der Waals surface area (Å²) in [6, 6.07) is 0.351. The Hall–Kier alpha value is -1.36. The van der Waals surface area contributed by atoms with Crippen molar-refractivity contribution >= 4 is 5.91 Å². The SMILES string of the molecule is CC(C)c1nccn1[C@H]1CCCN(C(=O)[C@H]2CCCO2)C1. The van der Waals surface area contributed by atoms with Gasteiger partial charge in [-0.1, -0.05) is 13.8 Å². The van der Waals surface area contributed by atoms with E-state index in [4.69, 9.17) is 4.74 Å². The number of nitrogens with zero attached hydrogens (tertiary/aromatic N) is 3. The predicted molar refractivity (Wildman–Crippen MR) is 80.1 cm³/mol. The first-order valence-electron chi connectivity index (χ1n) is 8.10. The first kappa shape index (κ1) is 14.6. The molecule has 2 aliphatic rings. The summed E-state index contributed by atoms with van der Waals surface area (Å²) in [5.74, 6) is 1.71. The second kappa shape index (κ2) is 6.18. The number of aromatic nitrogens is 2. The Labute approximate surface area is 126 Å². The van der Waals surface area contributed by atoms with Crippen LogP contribution in [0.25, 0.3) is 0 Å². The molecule has 21 heavy (non-hydrogen) atoms. The second-order valence-electron chi connectivity index (χ2n) is 6.43. The Morgan fingerprint density at radius 1 is 1.38 bits per heavy atom. The van der Waals surface area contributed by atoms with E-state index in [1.54, 1.807) is 0 Å². The molecular weight excluding hydrogens is 266 g/mol. The predicted octanol–water partition coefficient (Wildman–Crippen LogP) is 2.35. The van der Waals surface area contributed by atoms with E-state index in [0.29, 0.717) is 12.0 Å². The molecule has 116 valence electrons. The molecule has 2 atom stereocenters. The molecule has 5 nitrogen and oxygen atoms in total. The van der Waals surface area contributed by atoms with E-state index in [1.165, 1.54) is 0 Å². The third kappa shape index (κ3) is 2.98. The molecule has 0 aliphatic carbocycles. The summed E-state index contributed by atoms with van der Waals surface area (Å²) in [5, 5.41) is 0. The number of amides is 1. The van der Waals surface area contributed by atoms with E-state index in [0.717, 1.165) is 51.2 Å². The van der Waals surface area contributed by atoms with Gasteiger partial charge in [0.1, 0.15) is 11.9 Å². The summed E-state index contributed by atoms with van der Waals surface area (Å²) in [6.45, 7) is 6.70. The molecular formula is C16H25N3O2. The minimum absolute atomic E-state index is 0.184. The van der Waals surface area contributed by atoms with Crippen LogP contribution < -0.4 is 0 Å². The first-order valence-corrected chi connectivity index (χ1v) is 8.10. The van der Waals surface area contributed by atoms with Crippen LogP contribution in [0, 0.1) is 0 Å². The van der Waals surface area contributed by atoms with Gasteiger partial charge in [0, 0.05) is 38.0 Å². The molecule has 1 aromatic heterocycles. The summed E-state index contributed by atoms with van der Waals surface area (Å²) in [4.78, 5) is 19.0. The van der Waals surface area contributed by atoms with E-state index in [1.807, 2.05) is 11.1 Å². The van der Waals surface area contributed by atoms with Crippen LogP contribution in [-0.2, 0) is 9.53 Å². The number of rotatable bonds is 3. The highest BCUT2D eigenvalue weighted by molar-refractivity contribution is 5.81. The molecule has 0 aromatic carbocycles. The molecule has 0 bridgehead atoms. The molecule has 0 saturated carbocycles. The molecule has 2 saturated heterocycles. The summed E-state index contributed by atoms with van der Waals surface area (Å²) in [5.41, 5.74) is 0. The Kier molecular flexibility index (Phi) is 4.29. The number of piperidine rings is 1. The van der Waals surface area contributed by atoms with Gasteiger partial charge in [-0.3, -0.25) is 4.79 Å². The van der Waals surface area contributed by atoms with Crippen molar-refractivity contribution in [3.63, 3.8) is 0 Å². The van der Waals surface area contributed by atoms with Gasteiger partial charge in [0.15, 0.2) is 0 Å². The topological polar surface area (TPSA) is 47.4 Å². The Morgan fingerprint density at radius 3 is 2.95 bits per heavy atom. The summed E-state index contributed by atoms with van der Waals surface area (Å²) < 4.78 is 7.81. The average molecular weight is 291 g/mol. The Morgan fingerprint density at radius 2 is 2.24 bits per heavy atom. The molecule has 2 fully saturated rings. The fourth-order valence-electron chi connectivity index (χ4n) is 3.44. The second-order valence-corrected chi connectivity index (χ2v) is 6.43. The van der Waals surface area contributed by atoms with Crippen molar-refractivity contribution in [3.05, 3.63) is 18.2 Å². The highest BCUT2D eigenvalue weighted by Gasteiger charge is 2.32. The zero-order valence-corrected chi connectivity index (χ0v) is 13.0. The van der Waals surface area contributed by atoms with Gasteiger partial charge >= 0.3 is 0 Å². The zero-order valence-electron chi connectivity index (χ0n) is 13.0. The third-order valence-electron chi connectivity index (χ3n) is 4.52. The third-order valence-corrected chi connectivity index (χ3v) is 4.52. The molecule has 2 aliphatic heterocycles. The Balaban J connectivity index is 1.70. The zero-order chi connectivity index (χ0) is 14.8. The van der Waals surface area contributed by atoms with Crippen LogP contribution in [0.5, 0.6) is 0 Å². The van der Waals surface area contributed by atoms with E-state index in [2.05, 4.69) is 29.6 Å². The van der Waals surface area contributed by atoms with Crippen LogP contribution in [0.2, 0.25) is 0 Å². The lowest BCUT2D eigenvalue weighted by Gasteiger charge is -2.35. The minimum atomic E-state index is -0.198. The molecule has 0 N–H and O–H groups in total. The van der Waals surface area contributed by atoms with Crippen LogP contribution in [0.15, 0.2) is 12.4 Å². The van der Waals surface area contributed by atoms with E-state index >= 15 is 0 Å². The number of ether oxygens (including phenoxy) is 1. The standard InChI is InChI=1S/C16H25N3O2/c1-12(2)15-17-7-9-19(15)13-5-3-8-18(11-13)16(20)14-6-4-10-21-14/h7,9,12-14H,3-6,8,10-11H2,1-2H3/t13-,14+/m0/s1. The molecule has 3 rings (SSSR count). The number of carbonyl (C=O) groups is 1. The number of carbonyl (C=O) groups excluding carboxylic acids is 1. The van der Waals surface area contributed by atoms with E-state index < -0.39 is 0 Å². The number of imidazole rings is 1. The van der Waals surface area contributed by atoms with Gasteiger partial charge in [-0.15, -0.1) is 0 Å². The van der Waals surface area contributed by atoms with Crippen molar-refractivity contribution < 1.29 is 9.53 Å². The van der Waals surface area contributed by atoms with Gasteiger partial charge < -0.3 is 14.2 Å². The van der Waals surface area contributed by atoms with Crippen molar-refractivity contribution in [2.24, 2.45) is 0 Å². The lowest BCUT2D eigenvalue weighted by Crippen LogP contribution is -2.45. The molecule has 0 spiro atoms. The average Bonchev–Trinajstić information content (AvgIpc) is 3.17. The van der Waals surface area contributed by atoms with Crippen LogP contribution in [0.4, 0.5) is 0 Å². The van der Waals surface area contributed by atoms with Crippen LogP contribution >= 0.6 is 0 Å². The summed E-state index contributed by atoms with van der Waals surface area (Å²) in [6.07, 6.45) is 7.78. The largest absolute Gasteiger partial charge is 0.368 e. The molecule has 1 aromatic rings. The maximum atomic E-state index is 12.5. The van der Waals surface area contributed by atoms with Crippen molar-refractivity contribution in [3.8, 4) is 0 Å². The number of hydrogen-bond acceptors (Lipinski definition) is 3. The fourth-order valence-corrected chi connectivity index (χ4v) is 3.44. The molecule has 5 heteroatoms. The van der Waals surface area contributed by atoms with Crippen molar-refractivity contribution in [1.29, 1.82) is 0 Å². The smallest absolute Gasteiger partial charge is 0.251 e. The highest BCUT2D eigenvalue weighted by atomic mass is 16.5. The summed E-state index contributed by atoms with van der Waals surface area (Å²) >= 11 is 0. The van der Waals surface area contributed by atoms with E-state index in [-0.39, 0.29) is 12.0 Å². The first-order chi connectivity index (χ1) is 10.2. The van der Waals surface area contributed by atoms with Gasteiger partial charge in [0.2, 0.25) is 0 Å². The van der Waals surface area contributed by atoms with Crippen LogP contribution in [-0.4, -0.2) is 46.2 Å². The minimum Gasteiger partial charge on any atom is -0.368 e. The van der Waals surface area contributed by atoms with Crippen LogP contribution in [0.3, 0.4) is 0 Å². The maximum Gasteiger partial charge on any atom is 0.251 e. The Bertz CT molecular complexity index is 491. The summed E-state index contributed by atoms with van der Waals surface area (Å²) in [7, 11) is 0. The molecule has 1 amide bonds. The normalized spacial score (nSPS) is 26.5. The quantitative estimate of drug-likeness (QED) is 0.859. The van der Waals surface area contributed by atoms with Gasteiger partial charge in [-0.25, -0.2) is 4.98 Å². The molecule has 0 unspecified atom stereocenters. The highest BCUT2D eigenvalue weighted by Crippen LogP contribution is 2.27. The van der Waals surface area contributed by atoms with Gasteiger partial charge in [-0.05, 0) is 25.7 Å². The van der Waals surface area contributed by atoms with Crippen LogP contribution in [0.1, 0.15) is 57.3 Å². The fraction of sp³-hybridized carbons (Fsp3) is 0.750. The van der Waals surface area contributed by atoms with Gasteiger partial charge in [0.25, 0.3) is 5.91 Å². The van der Waals surface area contributed by atoms with Crippen molar-refractivity contribution in [2.45, 2.75) is 57.6 Å². The van der Waals surface area contributed by atoms with Crippen molar-refractivity contribution in [2.75, 3.05) is 19.7 Å². The molecule has 0 radical (unpaired) electrons. The van der Waals surface area contributed by atoms with E-state index in [9.17, 15) is 4.79 Å². The van der Waals surface area contributed by atoms with Crippen molar-refractivity contribution in [1.82, 2.24) is 14.5 Å². The lowest BCUT2D eigenvalue weighted by atomic mass is 10.0. The number of likely N-dealkylation sites (tertiary alicyclic amines) is 1. The monoisotopic (exact) mass is 291 g/mol. The van der Waals surface area contributed by atoms with Gasteiger partial charge in [0.05, 0.1) is 6.04 Å². The molecule has 3 heterocycles. The van der Waals surface area contributed by atoms with Gasteiger partial charge in [-0.2, -0.15) is 0 Å². The maximum absolute atomic E-state index is 12.5. The lowest BCUT2D eigenvalue weighted by molar-refractivity contribution is -0.142.